The van der Waals surface area contributed by atoms with Crippen molar-refractivity contribution in [2.45, 2.75) is 31.8 Å². The lowest BCUT2D eigenvalue weighted by Crippen LogP contribution is -2.36. The van der Waals surface area contributed by atoms with E-state index in [0.29, 0.717) is 10.9 Å². The van der Waals surface area contributed by atoms with Crippen LogP contribution in [0.4, 0.5) is 4.39 Å². The minimum Gasteiger partial charge on any atom is -0.352 e. The lowest BCUT2D eigenvalue weighted by Gasteiger charge is -2.18. The summed E-state index contributed by atoms with van der Waals surface area (Å²) in [6, 6.07) is 5.34. The molecule has 1 aliphatic heterocycles. The number of benzene rings is 1. The predicted molar refractivity (Wildman–Crippen MR) is 71.7 cm³/mol. The van der Waals surface area contributed by atoms with Gasteiger partial charge in [0.1, 0.15) is 5.82 Å². The third-order valence-electron chi connectivity index (χ3n) is 3.20. The van der Waals surface area contributed by atoms with Crippen LogP contribution in [0.25, 0.3) is 0 Å². The first-order valence-corrected chi connectivity index (χ1v) is 6.83. The molecule has 5 heteroatoms. The number of amides is 1. The normalized spacial score (nSPS) is 20.8. The molecule has 1 fully saturated rings. The van der Waals surface area contributed by atoms with Crippen molar-refractivity contribution in [1.29, 1.82) is 0 Å². The third-order valence-corrected chi connectivity index (χ3v) is 3.81. The molecule has 3 nitrogen and oxygen atoms in total. The van der Waals surface area contributed by atoms with E-state index in [1.54, 1.807) is 12.1 Å². The highest BCUT2D eigenvalue weighted by Gasteiger charge is 2.20. The Morgan fingerprint density at radius 1 is 1.61 bits per heavy atom. The maximum absolute atomic E-state index is 13.1. The molecular formula is C13H16BrFN2O. The van der Waals surface area contributed by atoms with Crippen molar-refractivity contribution in [3.63, 3.8) is 0 Å². The fraction of sp³-hybridized carbons (Fsp3) is 0.462. The second-order valence-electron chi connectivity index (χ2n) is 4.61. The number of hydrogen-bond acceptors (Lipinski definition) is 2. The molecule has 2 unspecified atom stereocenters. The number of nitrogens with one attached hydrogen (secondary N) is 2. The van der Waals surface area contributed by atoms with E-state index in [4.69, 9.17) is 0 Å². The van der Waals surface area contributed by atoms with Crippen molar-refractivity contribution in [3.8, 4) is 0 Å². The molecule has 0 radical (unpaired) electrons. The Kier molecular flexibility index (Phi) is 4.35. The minimum absolute atomic E-state index is 0.124. The van der Waals surface area contributed by atoms with Crippen molar-refractivity contribution in [2.24, 2.45) is 0 Å². The molecule has 2 atom stereocenters. The maximum atomic E-state index is 13.1. The summed E-state index contributed by atoms with van der Waals surface area (Å²) in [5.41, 5.74) is 1.02. The van der Waals surface area contributed by atoms with Gasteiger partial charge in [0.05, 0.1) is 4.47 Å². The number of carbonyl (C=O) groups excluding carboxylic acids is 1. The Balaban J connectivity index is 1.89. The Bertz CT molecular complexity index is 453. The maximum Gasteiger partial charge on any atom is 0.220 e. The van der Waals surface area contributed by atoms with Crippen LogP contribution in [0.2, 0.25) is 0 Å². The number of halogens is 2. The topological polar surface area (TPSA) is 41.1 Å². The van der Waals surface area contributed by atoms with Crippen LogP contribution in [0.5, 0.6) is 0 Å². The van der Waals surface area contributed by atoms with E-state index in [-0.39, 0.29) is 23.8 Å². The van der Waals surface area contributed by atoms with Gasteiger partial charge in [0.15, 0.2) is 0 Å². The summed E-state index contributed by atoms with van der Waals surface area (Å²) in [5.74, 6) is -0.131. The third kappa shape index (κ3) is 3.29. The SMILES string of the molecule is CC(NCC1CCC(=O)N1)c1ccc(F)c(Br)c1. The average Bonchev–Trinajstić information content (AvgIpc) is 2.75. The fourth-order valence-electron chi connectivity index (χ4n) is 2.05. The molecule has 0 aromatic heterocycles. The van der Waals surface area contributed by atoms with Crippen LogP contribution in [-0.4, -0.2) is 18.5 Å². The second kappa shape index (κ2) is 5.80. The van der Waals surface area contributed by atoms with Crippen LogP contribution < -0.4 is 10.6 Å². The highest BCUT2D eigenvalue weighted by molar-refractivity contribution is 9.10. The van der Waals surface area contributed by atoms with Gasteiger partial charge in [-0.3, -0.25) is 4.79 Å². The summed E-state index contributed by atoms with van der Waals surface area (Å²) in [5, 5.41) is 6.26. The van der Waals surface area contributed by atoms with E-state index in [1.165, 1.54) is 6.07 Å². The first-order valence-electron chi connectivity index (χ1n) is 6.04. The highest BCUT2D eigenvalue weighted by atomic mass is 79.9. The zero-order chi connectivity index (χ0) is 13.1. The van der Waals surface area contributed by atoms with Crippen LogP contribution in [0, 0.1) is 5.82 Å². The summed E-state index contributed by atoms with van der Waals surface area (Å²) < 4.78 is 13.6. The van der Waals surface area contributed by atoms with E-state index < -0.39 is 0 Å². The molecule has 0 spiro atoms. The largest absolute Gasteiger partial charge is 0.352 e. The molecule has 2 rings (SSSR count). The molecule has 18 heavy (non-hydrogen) atoms. The van der Waals surface area contributed by atoms with Gasteiger partial charge < -0.3 is 10.6 Å². The Morgan fingerprint density at radius 3 is 3.00 bits per heavy atom. The summed E-state index contributed by atoms with van der Waals surface area (Å²) in [7, 11) is 0. The minimum atomic E-state index is -0.256. The van der Waals surface area contributed by atoms with Crippen LogP contribution >= 0.6 is 15.9 Å². The molecule has 1 saturated heterocycles. The summed E-state index contributed by atoms with van der Waals surface area (Å²) in [6.45, 7) is 2.76. The smallest absolute Gasteiger partial charge is 0.220 e. The van der Waals surface area contributed by atoms with Gasteiger partial charge in [0.25, 0.3) is 0 Å². The van der Waals surface area contributed by atoms with Crippen LogP contribution in [0.3, 0.4) is 0 Å². The van der Waals surface area contributed by atoms with E-state index in [2.05, 4.69) is 26.6 Å². The van der Waals surface area contributed by atoms with Gasteiger partial charge in [0.2, 0.25) is 5.91 Å². The first kappa shape index (κ1) is 13.5. The van der Waals surface area contributed by atoms with Gasteiger partial charge in [-0.15, -0.1) is 0 Å². The molecule has 1 amide bonds. The second-order valence-corrected chi connectivity index (χ2v) is 5.46. The zero-order valence-electron chi connectivity index (χ0n) is 10.2. The Labute approximate surface area is 114 Å². The highest BCUT2D eigenvalue weighted by Crippen LogP contribution is 2.21. The number of hydrogen-bond donors (Lipinski definition) is 2. The lowest BCUT2D eigenvalue weighted by atomic mass is 10.1. The molecule has 0 aliphatic carbocycles. The van der Waals surface area contributed by atoms with Crippen molar-refractivity contribution in [3.05, 3.63) is 34.1 Å². The fourth-order valence-corrected chi connectivity index (χ4v) is 2.45. The van der Waals surface area contributed by atoms with Crippen molar-refractivity contribution < 1.29 is 9.18 Å². The average molecular weight is 315 g/mol. The number of rotatable bonds is 4. The summed E-state index contributed by atoms with van der Waals surface area (Å²) in [6.07, 6.45) is 1.49. The van der Waals surface area contributed by atoms with Crippen molar-refractivity contribution in [1.82, 2.24) is 10.6 Å². The molecule has 98 valence electrons. The summed E-state index contributed by atoms with van der Waals surface area (Å²) >= 11 is 3.18. The Hall–Kier alpha value is -0.940. The molecule has 1 heterocycles. The van der Waals surface area contributed by atoms with Gasteiger partial charge >= 0.3 is 0 Å². The van der Waals surface area contributed by atoms with Gasteiger partial charge in [-0.1, -0.05) is 6.07 Å². The molecule has 0 saturated carbocycles. The van der Waals surface area contributed by atoms with Gasteiger partial charge in [-0.05, 0) is 47.0 Å². The predicted octanol–water partition coefficient (Wildman–Crippen LogP) is 2.52. The molecule has 1 aromatic carbocycles. The monoisotopic (exact) mass is 314 g/mol. The van der Waals surface area contributed by atoms with Gasteiger partial charge in [-0.25, -0.2) is 4.39 Å². The van der Waals surface area contributed by atoms with Gasteiger partial charge in [0, 0.05) is 25.0 Å². The van der Waals surface area contributed by atoms with E-state index in [0.717, 1.165) is 18.5 Å². The van der Waals surface area contributed by atoms with E-state index >= 15 is 0 Å². The van der Waals surface area contributed by atoms with Crippen LogP contribution in [-0.2, 0) is 4.79 Å². The lowest BCUT2D eigenvalue weighted by molar-refractivity contribution is -0.119. The van der Waals surface area contributed by atoms with Gasteiger partial charge in [-0.2, -0.15) is 0 Å². The molecule has 0 bridgehead atoms. The van der Waals surface area contributed by atoms with Crippen molar-refractivity contribution in [2.75, 3.05) is 6.54 Å². The van der Waals surface area contributed by atoms with Crippen molar-refractivity contribution >= 4 is 21.8 Å². The number of carbonyl (C=O) groups is 1. The quantitative estimate of drug-likeness (QED) is 0.896. The standard InChI is InChI=1S/C13H16BrFN2O/c1-8(9-2-4-12(15)11(14)6-9)16-7-10-3-5-13(18)17-10/h2,4,6,8,10,16H,3,5,7H2,1H3,(H,17,18). The summed E-state index contributed by atoms with van der Waals surface area (Å²) in [4.78, 5) is 11.1. The molecule has 2 N–H and O–H groups in total. The molecule has 1 aliphatic rings. The first-order chi connectivity index (χ1) is 8.56. The van der Waals surface area contributed by atoms with Crippen LogP contribution in [0.1, 0.15) is 31.4 Å². The Morgan fingerprint density at radius 2 is 2.39 bits per heavy atom. The molecule has 1 aromatic rings. The van der Waals surface area contributed by atoms with E-state index in [9.17, 15) is 9.18 Å². The van der Waals surface area contributed by atoms with Crippen LogP contribution in [0.15, 0.2) is 22.7 Å². The zero-order valence-corrected chi connectivity index (χ0v) is 11.8. The van der Waals surface area contributed by atoms with E-state index in [1.807, 2.05) is 6.92 Å². The molecular weight excluding hydrogens is 299 g/mol.